The van der Waals surface area contributed by atoms with Crippen molar-refractivity contribution in [3.8, 4) is 11.1 Å². The van der Waals surface area contributed by atoms with Gasteiger partial charge in [-0.25, -0.2) is 4.98 Å². The van der Waals surface area contributed by atoms with Gasteiger partial charge in [0.25, 0.3) is 5.91 Å². The van der Waals surface area contributed by atoms with Crippen LogP contribution in [0.3, 0.4) is 0 Å². The fraction of sp³-hybridized carbons (Fsp3) is 0.318. The van der Waals surface area contributed by atoms with Crippen LogP contribution in [0.1, 0.15) is 35.7 Å². The van der Waals surface area contributed by atoms with Crippen molar-refractivity contribution >= 4 is 22.9 Å². The number of aliphatic carboxylic acids is 1. The van der Waals surface area contributed by atoms with Gasteiger partial charge in [0.05, 0.1) is 5.92 Å². The van der Waals surface area contributed by atoms with Gasteiger partial charge in [-0.15, -0.1) is 0 Å². The number of hydrogen-bond donors (Lipinski definition) is 2. The number of H-pyrrole nitrogens is 1. The minimum atomic E-state index is -0.768. The van der Waals surface area contributed by atoms with Gasteiger partial charge in [0.1, 0.15) is 5.65 Å². The van der Waals surface area contributed by atoms with Crippen LogP contribution in [-0.2, 0) is 11.2 Å². The summed E-state index contributed by atoms with van der Waals surface area (Å²) < 4.78 is 0. The molecule has 144 valence electrons. The molecule has 0 bridgehead atoms. The molecule has 2 N–H and O–H groups in total. The number of aromatic amines is 1. The molecule has 0 atom stereocenters. The Hall–Kier alpha value is -3.15. The van der Waals surface area contributed by atoms with Gasteiger partial charge in [-0.05, 0) is 48.6 Å². The molecule has 4 rings (SSSR count). The van der Waals surface area contributed by atoms with E-state index >= 15 is 0 Å². The minimum Gasteiger partial charge on any atom is -0.481 e. The Morgan fingerprint density at radius 3 is 2.54 bits per heavy atom. The first-order chi connectivity index (χ1) is 13.6. The third kappa shape index (κ3) is 3.38. The van der Waals surface area contributed by atoms with Crippen molar-refractivity contribution < 1.29 is 14.7 Å². The van der Waals surface area contributed by atoms with Crippen LogP contribution in [0.2, 0.25) is 0 Å². The molecule has 2 aromatic heterocycles. The molecule has 1 aromatic carbocycles. The average molecular weight is 377 g/mol. The zero-order valence-corrected chi connectivity index (χ0v) is 15.8. The zero-order valence-electron chi connectivity index (χ0n) is 15.8. The summed E-state index contributed by atoms with van der Waals surface area (Å²) >= 11 is 0. The van der Waals surface area contributed by atoms with E-state index in [0.717, 1.165) is 28.6 Å². The Morgan fingerprint density at radius 2 is 1.89 bits per heavy atom. The summed E-state index contributed by atoms with van der Waals surface area (Å²) in [6.45, 7) is 3.10. The van der Waals surface area contributed by atoms with E-state index in [1.807, 2.05) is 36.7 Å². The molecule has 6 heteroatoms. The fourth-order valence-corrected chi connectivity index (χ4v) is 3.83. The van der Waals surface area contributed by atoms with E-state index in [0.29, 0.717) is 31.5 Å². The second-order valence-corrected chi connectivity index (χ2v) is 7.27. The Morgan fingerprint density at radius 1 is 1.18 bits per heavy atom. The van der Waals surface area contributed by atoms with E-state index in [-0.39, 0.29) is 11.8 Å². The smallest absolute Gasteiger partial charge is 0.306 e. The minimum absolute atomic E-state index is 0.0390. The number of carbonyl (C=O) groups is 2. The maximum Gasteiger partial charge on any atom is 0.306 e. The van der Waals surface area contributed by atoms with Crippen LogP contribution in [0.15, 0.2) is 42.7 Å². The standard InChI is InChI=1S/C22H23N3O3/c1-2-14-12-23-20-19(14)11-18(13-24-20)15-3-5-16(6-4-15)21(26)25-9-7-17(8-10-25)22(27)28/h3-6,11-13,17H,2,7-10H2,1H3,(H,23,24)(H,27,28). The number of likely N-dealkylation sites (tertiary alicyclic amines) is 1. The number of fused-ring (bicyclic) bond motifs is 1. The summed E-state index contributed by atoms with van der Waals surface area (Å²) in [6.07, 6.45) is 5.81. The Bertz CT molecular complexity index is 1020. The molecule has 0 radical (unpaired) electrons. The van der Waals surface area contributed by atoms with Crippen molar-refractivity contribution in [1.82, 2.24) is 14.9 Å². The first-order valence-corrected chi connectivity index (χ1v) is 9.65. The number of carbonyl (C=O) groups excluding carboxylic acids is 1. The monoisotopic (exact) mass is 377 g/mol. The molecule has 0 unspecified atom stereocenters. The van der Waals surface area contributed by atoms with E-state index < -0.39 is 5.97 Å². The highest BCUT2D eigenvalue weighted by atomic mass is 16.4. The van der Waals surface area contributed by atoms with Gasteiger partial charge in [-0.2, -0.15) is 0 Å². The van der Waals surface area contributed by atoms with Crippen LogP contribution in [0.5, 0.6) is 0 Å². The van der Waals surface area contributed by atoms with Crippen molar-refractivity contribution in [1.29, 1.82) is 0 Å². The van der Waals surface area contributed by atoms with E-state index in [4.69, 9.17) is 5.11 Å². The fourth-order valence-electron chi connectivity index (χ4n) is 3.83. The topological polar surface area (TPSA) is 86.3 Å². The molecule has 28 heavy (non-hydrogen) atoms. The second-order valence-electron chi connectivity index (χ2n) is 7.27. The van der Waals surface area contributed by atoms with Crippen LogP contribution in [0.25, 0.3) is 22.2 Å². The lowest BCUT2D eigenvalue weighted by atomic mass is 9.96. The van der Waals surface area contributed by atoms with E-state index in [9.17, 15) is 9.59 Å². The third-order valence-corrected chi connectivity index (χ3v) is 5.59. The first-order valence-electron chi connectivity index (χ1n) is 9.65. The summed E-state index contributed by atoms with van der Waals surface area (Å²) in [5.41, 5.74) is 4.78. The number of carboxylic acid groups (broad SMARTS) is 1. The van der Waals surface area contributed by atoms with Crippen LogP contribution < -0.4 is 0 Å². The summed E-state index contributed by atoms with van der Waals surface area (Å²) in [5.74, 6) is -1.14. The molecule has 1 aliphatic rings. The van der Waals surface area contributed by atoms with Crippen LogP contribution in [0.4, 0.5) is 0 Å². The van der Waals surface area contributed by atoms with E-state index in [2.05, 4.69) is 23.0 Å². The number of amides is 1. The molecule has 0 saturated carbocycles. The molecular weight excluding hydrogens is 354 g/mol. The molecular formula is C22H23N3O3. The van der Waals surface area contributed by atoms with Crippen molar-refractivity contribution in [2.75, 3.05) is 13.1 Å². The van der Waals surface area contributed by atoms with Crippen LogP contribution in [-0.4, -0.2) is 44.9 Å². The van der Waals surface area contributed by atoms with Gasteiger partial charge in [0.2, 0.25) is 0 Å². The molecule has 0 spiro atoms. The van der Waals surface area contributed by atoms with E-state index in [1.54, 1.807) is 4.90 Å². The zero-order chi connectivity index (χ0) is 19.7. The number of carboxylic acids is 1. The van der Waals surface area contributed by atoms with Gasteiger partial charge >= 0.3 is 5.97 Å². The lowest BCUT2D eigenvalue weighted by molar-refractivity contribution is -0.143. The van der Waals surface area contributed by atoms with E-state index in [1.165, 1.54) is 5.56 Å². The molecule has 1 saturated heterocycles. The largest absolute Gasteiger partial charge is 0.481 e. The lowest BCUT2D eigenvalue weighted by Gasteiger charge is -2.30. The van der Waals surface area contributed by atoms with Crippen molar-refractivity contribution in [3.63, 3.8) is 0 Å². The maximum atomic E-state index is 12.7. The number of piperidine rings is 1. The number of hydrogen-bond acceptors (Lipinski definition) is 3. The highest BCUT2D eigenvalue weighted by Crippen LogP contribution is 2.26. The highest BCUT2D eigenvalue weighted by molar-refractivity contribution is 5.95. The number of pyridine rings is 1. The number of aryl methyl sites for hydroxylation is 1. The number of benzene rings is 1. The quantitative estimate of drug-likeness (QED) is 0.725. The van der Waals surface area contributed by atoms with Crippen LogP contribution in [0, 0.1) is 5.92 Å². The molecule has 1 aliphatic heterocycles. The highest BCUT2D eigenvalue weighted by Gasteiger charge is 2.27. The predicted octanol–water partition coefficient (Wildman–Crippen LogP) is 3.73. The van der Waals surface area contributed by atoms with Gasteiger partial charge in [-0.1, -0.05) is 19.1 Å². The lowest BCUT2D eigenvalue weighted by Crippen LogP contribution is -2.40. The normalized spacial score (nSPS) is 15.1. The summed E-state index contributed by atoms with van der Waals surface area (Å²) in [6, 6.07) is 9.69. The summed E-state index contributed by atoms with van der Waals surface area (Å²) in [5, 5.41) is 10.2. The summed E-state index contributed by atoms with van der Waals surface area (Å²) in [4.78, 5) is 33.2. The number of rotatable bonds is 4. The van der Waals surface area contributed by atoms with Crippen molar-refractivity contribution in [3.05, 3.63) is 53.9 Å². The van der Waals surface area contributed by atoms with Crippen molar-refractivity contribution in [2.45, 2.75) is 26.2 Å². The molecule has 1 amide bonds. The van der Waals surface area contributed by atoms with Gasteiger partial charge in [0.15, 0.2) is 0 Å². The number of nitrogens with zero attached hydrogens (tertiary/aromatic N) is 2. The number of nitrogens with one attached hydrogen (secondary N) is 1. The van der Waals surface area contributed by atoms with Gasteiger partial charge in [-0.3, -0.25) is 9.59 Å². The predicted molar refractivity (Wildman–Crippen MR) is 107 cm³/mol. The summed E-state index contributed by atoms with van der Waals surface area (Å²) in [7, 11) is 0. The van der Waals surface area contributed by atoms with Crippen LogP contribution >= 0.6 is 0 Å². The Labute approximate surface area is 163 Å². The van der Waals surface area contributed by atoms with Crippen molar-refractivity contribution in [2.24, 2.45) is 5.92 Å². The molecule has 3 aromatic rings. The molecule has 1 fully saturated rings. The number of aromatic nitrogens is 2. The average Bonchev–Trinajstić information content (AvgIpc) is 3.15. The van der Waals surface area contributed by atoms with Gasteiger partial charge < -0.3 is 15.0 Å². The van der Waals surface area contributed by atoms with Gasteiger partial charge in [0, 0.05) is 42.0 Å². The third-order valence-electron chi connectivity index (χ3n) is 5.59. The molecule has 3 heterocycles. The second kappa shape index (κ2) is 7.46. The Balaban J connectivity index is 1.51. The molecule has 0 aliphatic carbocycles. The SMILES string of the molecule is CCc1c[nH]c2ncc(-c3ccc(C(=O)N4CCC(C(=O)O)CC4)cc3)cc12. The Kier molecular flexibility index (Phi) is 4.86. The molecule has 6 nitrogen and oxygen atoms in total. The first kappa shape index (κ1) is 18.2. The maximum absolute atomic E-state index is 12.7.